The minimum absolute atomic E-state index is 0. The van der Waals surface area contributed by atoms with Gasteiger partial charge in [0.25, 0.3) is 0 Å². The number of rotatable bonds is 3. The molecule has 1 aliphatic rings. The topological polar surface area (TPSA) is 29.3 Å². The quantitative estimate of drug-likeness (QED) is 0.917. The van der Waals surface area contributed by atoms with Gasteiger partial charge in [-0.1, -0.05) is 12.1 Å². The summed E-state index contributed by atoms with van der Waals surface area (Å²) in [6.45, 7) is 6.80. The van der Waals surface area contributed by atoms with E-state index in [-0.39, 0.29) is 24.3 Å². The molecule has 0 radical (unpaired) electrons. The van der Waals surface area contributed by atoms with Crippen LogP contribution < -0.4 is 5.73 Å². The molecule has 0 bridgehead atoms. The Kier molecular flexibility index (Phi) is 5.57. The van der Waals surface area contributed by atoms with Crippen molar-refractivity contribution in [1.82, 2.24) is 4.90 Å². The Hall–Kier alpha value is -0.640. The predicted molar refractivity (Wildman–Crippen MR) is 75.4 cm³/mol. The van der Waals surface area contributed by atoms with Crippen LogP contribution in [0.25, 0.3) is 0 Å². The van der Waals surface area contributed by atoms with Crippen LogP contribution in [0.4, 0.5) is 4.39 Å². The maximum atomic E-state index is 13.4. The molecule has 1 aromatic carbocycles. The molecule has 0 aromatic heterocycles. The van der Waals surface area contributed by atoms with E-state index in [1.165, 1.54) is 0 Å². The second-order valence-electron chi connectivity index (χ2n) is 5.23. The monoisotopic (exact) mass is 272 g/mol. The summed E-state index contributed by atoms with van der Waals surface area (Å²) in [5.41, 5.74) is 7.68. The van der Waals surface area contributed by atoms with Crippen LogP contribution >= 0.6 is 12.4 Å². The van der Waals surface area contributed by atoms with Crippen molar-refractivity contribution in [2.24, 2.45) is 11.7 Å². The molecule has 1 aliphatic heterocycles. The molecule has 2 atom stereocenters. The van der Waals surface area contributed by atoms with E-state index < -0.39 is 0 Å². The Morgan fingerprint density at radius 3 is 2.78 bits per heavy atom. The van der Waals surface area contributed by atoms with E-state index in [0.717, 1.165) is 31.6 Å². The van der Waals surface area contributed by atoms with Gasteiger partial charge in [-0.3, -0.25) is 4.90 Å². The standard InChI is InChI=1S/C14H21FN2.ClH/c1-10-3-4-12(7-14(10)15)8-17-6-5-13(9-17)11(2)16;/h3-4,7,11,13H,5-6,8-9,16H2,1-2H3;1H. The fourth-order valence-electron chi connectivity index (χ4n) is 2.43. The molecule has 0 saturated carbocycles. The molecular weight excluding hydrogens is 251 g/mol. The SMILES string of the molecule is Cc1ccc(CN2CCC(C(C)N)C2)cc1F.Cl. The van der Waals surface area contributed by atoms with Gasteiger partial charge in [0, 0.05) is 19.1 Å². The molecule has 0 spiro atoms. The average Bonchev–Trinajstić information content (AvgIpc) is 2.72. The van der Waals surface area contributed by atoms with Crippen molar-refractivity contribution in [3.05, 3.63) is 35.1 Å². The number of hydrogen-bond donors (Lipinski definition) is 1. The van der Waals surface area contributed by atoms with Crippen LogP contribution in [0.1, 0.15) is 24.5 Å². The lowest BCUT2D eigenvalue weighted by Crippen LogP contribution is -2.29. The highest BCUT2D eigenvalue weighted by Gasteiger charge is 2.24. The Morgan fingerprint density at radius 1 is 1.50 bits per heavy atom. The van der Waals surface area contributed by atoms with Crippen LogP contribution in [-0.2, 0) is 6.54 Å². The first-order chi connectivity index (χ1) is 8.06. The normalized spacial score (nSPS) is 21.7. The molecule has 1 heterocycles. The first-order valence-corrected chi connectivity index (χ1v) is 6.29. The molecule has 1 aromatic rings. The molecular formula is C14H22ClFN2. The third-order valence-corrected chi connectivity index (χ3v) is 3.69. The molecule has 2 N–H and O–H groups in total. The van der Waals surface area contributed by atoms with Crippen LogP contribution in [0.3, 0.4) is 0 Å². The summed E-state index contributed by atoms with van der Waals surface area (Å²) < 4.78 is 13.4. The van der Waals surface area contributed by atoms with E-state index in [4.69, 9.17) is 5.73 Å². The number of halogens is 2. The molecule has 0 aliphatic carbocycles. The van der Waals surface area contributed by atoms with Gasteiger partial charge >= 0.3 is 0 Å². The van der Waals surface area contributed by atoms with Crippen molar-refractivity contribution in [2.75, 3.05) is 13.1 Å². The van der Waals surface area contributed by atoms with Crippen LogP contribution in [-0.4, -0.2) is 24.0 Å². The number of likely N-dealkylation sites (tertiary alicyclic amines) is 1. The molecule has 2 nitrogen and oxygen atoms in total. The summed E-state index contributed by atoms with van der Waals surface area (Å²) in [6, 6.07) is 5.77. The van der Waals surface area contributed by atoms with Crippen molar-refractivity contribution in [3.63, 3.8) is 0 Å². The molecule has 0 amide bonds. The van der Waals surface area contributed by atoms with Gasteiger partial charge < -0.3 is 5.73 Å². The second-order valence-corrected chi connectivity index (χ2v) is 5.23. The third-order valence-electron chi connectivity index (χ3n) is 3.69. The molecule has 2 unspecified atom stereocenters. The highest BCUT2D eigenvalue weighted by Crippen LogP contribution is 2.21. The highest BCUT2D eigenvalue weighted by molar-refractivity contribution is 5.85. The Balaban J connectivity index is 0.00000162. The zero-order chi connectivity index (χ0) is 12.4. The molecule has 18 heavy (non-hydrogen) atoms. The number of hydrogen-bond acceptors (Lipinski definition) is 2. The van der Waals surface area contributed by atoms with Gasteiger partial charge in [0.15, 0.2) is 0 Å². The van der Waals surface area contributed by atoms with Crippen molar-refractivity contribution in [3.8, 4) is 0 Å². The maximum absolute atomic E-state index is 13.4. The predicted octanol–water partition coefficient (Wildman–Crippen LogP) is 2.73. The molecule has 102 valence electrons. The number of benzene rings is 1. The van der Waals surface area contributed by atoms with Crippen LogP contribution in [0, 0.1) is 18.7 Å². The molecule has 1 saturated heterocycles. The fourth-order valence-corrected chi connectivity index (χ4v) is 2.43. The van der Waals surface area contributed by atoms with E-state index in [1.54, 1.807) is 13.0 Å². The van der Waals surface area contributed by atoms with Crippen LogP contribution in [0.5, 0.6) is 0 Å². The summed E-state index contributed by atoms with van der Waals surface area (Å²) in [5.74, 6) is 0.482. The first kappa shape index (κ1) is 15.4. The van der Waals surface area contributed by atoms with Crippen molar-refractivity contribution in [1.29, 1.82) is 0 Å². The van der Waals surface area contributed by atoms with E-state index in [9.17, 15) is 4.39 Å². The fraction of sp³-hybridized carbons (Fsp3) is 0.571. The molecule has 2 rings (SSSR count). The van der Waals surface area contributed by atoms with Crippen molar-refractivity contribution >= 4 is 12.4 Å². The largest absolute Gasteiger partial charge is 0.328 e. The van der Waals surface area contributed by atoms with E-state index >= 15 is 0 Å². The summed E-state index contributed by atoms with van der Waals surface area (Å²) in [4.78, 5) is 2.36. The third kappa shape index (κ3) is 3.67. The zero-order valence-corrected chi connectivity index (χ0v) is 11.8. The summed E-state index contributed by atoms with van der Waals surface area (Å²) >= 11 is 0. The lowest BCUT2D eigenvalue weighted by Gasteiger charge is -2.18. The summed E-state index contributed by atoms with van der Waals surface area (Å²) in [5, 5.41) is 0. The Labute approximate surface area is 115 Å². The number of aryl methyl sites for hydroxylation is 1. The summed E-state index contributed by atoms with van der Waals surface area (Å²) in [7, 11) is 0. The smallest absolute Gasteiger partial charge is 0.126 e. The van der Waals surface area contributed by atoms with Crippen LogP contribution in [0.15, 0.2) is 18.2 Å². The van der Waals surface area contributed by atoms with Crippen LogP contribution in [0.2, 0.25) is 0 Å². The lowest BCUT2D eigenvalue weighted by atomic mass is 10.0. The van der Waals surface area contributed by atoms with Crippen molar-refractivity contribution < 1.29 is 4.39 Å². The zero-order valence-electron chi connectivity index (χ0n) is 11.0. The van der Waals surface area contributed by atoms with Gasteiger partial charge in [-0.25, -0.2) is 4.39 Å². The second kappa shape index (κ2) is 6.50. The van der Waals surface area contributed by atoms with Gasteiger partial charge in [0.1, 0.15) is 5.82 Å². The maximum Gasteiger partial charge on any atom is 0.126 e. The van der Waals surface area contributed by atoms with E-state index in [1.807, 2.05) is 12.1 Å². The van der Waals surface area contributed by atoms with Gasteiger partial charge in [-0.05, 0) is 49.9 Å². The van der Waals surface area contributed by atoms with Gasteiger partial charge in [0.05, 0.1) is 0 Å². The minimum Gasteiger partial charge on any atom is -0.328 e. The van der Waals surface area contributed by atoms with Crippen molar-refractivity contribution in [2.45, 2.75) is 32.9 Å². The average molecular weight is 273 g/mol. The Morgan fingerprint density at radius 2 is 2.22 bits per heavy atom. The minimum atomic E-state index is -0.106. The lowest BCUT2D eigenvalue weighted by molar-refractivity contribution is 0.308. The van der Waals surface area contributed by atoms with Gasteiger partial charge in [-0.15, -0.1) is 12.4 Å². The summed E-state index contributed by atoms with van der Waals surface area (Å²) in [6.07, 6.45) is 1.16. The van der Waals surface area contributed by atoms with Gasteiger partial charge in [0.2, 0.25) is 0 Å². The van der Waals surface area contributed by atoms with Gasteiger partial charge in [-0.2, -0.15) is 0 Å². The first-order valence-electron chi connectivity index (χ1n) is 6.29. The number of nitrogens with two attached hydrogens (primary N) is 1. The molecule has 4 heteroatoms. The van der Waals surface area contributed by atoms with E-state index in [0.29, 0.717) is 11.5 Å². The molecule has 1 fully saturated rings. The number of nitrogens with zero attached hydrogens (tertiary/aromatic N) is 1. The highest BCUT2D eigenvalue weighted by atomic mass is 35.5. The Bertz CT molecular complexity index is 395. The van der Waals surface area contributed by atoms with E-state index in [2.05, 4.69) is 11.8 Å².